The van der Waals surface area contributed by atoms with Crippen LogP contribution in [-0.2, 0) is 21.0 Å². The number of ether oxygens (including phenoxy) is 1. The van der Waals surface area contributed by atoms with Crippen LogP contribution in [0.15, 0.2) is 162 Å². The highest BCUT2D eigenvalue weighted by atomic mass is 32.2. The van der Waals surface area contributed by atoms with E-state index in [4.69, 9.17) is 4.74 Å². The van der Waals surface area contributed by atoms with E-state index in [2.05, 4.69) is 16.9 Å². The van der Waals surface area contributed by atoms with E-state index in [1.807, 2.05) is 103 Å². The number of allylic oxidation sites excluding steroid dienone is 4. The first-order valence-electron chi connectivity index (χ1n) is 15.4. The van der Waals surface area contributed by atoms with Gasteiger partial charge in [0.2, 0.25) is 5.91 Å². The Morgan fingerprint density at radius 3 is 2.12 bits per heavy atom. The second-order valence-electron chi connectivity index (χ2n) is 10.6. The molecule has 3 amide bonds. The summed E-state index contributed by atoms with van der Waals surface area (Å²) < 4.78 is 6.07. The quantitative estimate of drug-likeness (QED) is 0.0964. The summed E-state index contributed by atoms with van der Waals surface area (Å²) in [7, 11) is 0. The van der Waals surface area contributed by atoms with Crippen LogP contribution in [0.4, 0.5) is 0 Å². The zero-order valence-electron chi connectivity index (χ0n) is 26.5. The van der Waals surface area contributed by atoms with Crippen molar-refractivity contribution in [1.82, 2.24) is 10.2 Å². The summed E-state index contributed by atoms with van der Waals surface area (Å²) in [6.45, 7) is 5.83. The molecule has 0 radical (unpaired) electrons. The normalized spacial score (nSPS) is 14.4. The molecular formula is C40H35N3O4S. The number of rotatable bonds is 12. The fraction of sp³-hybridized carbons (Fsp3) is 0.100. The van der Waals surface area contributed by atoms with Gasteiger partial charge >= 0.3 is 0 Å². The maximum Gasteiger partial charge on any atom is 0.285 e. The van der Waals surface area contributed by atoms with Gasteiger partial charge in [-0.15, -0.1) is 0 Å². The van der Waals surface area contributed by atoms with Gasteiger partial charge in [0.25, 0.3) is 11.8 Å². The zero-order chi connectivity index (χ0) is 33.7. The minimum absolute atomic E-state index is 0.0799. The first-order chi connectivity index (χ1) is 23.5. The topological polar surface area (TPSA) is 88.1 Å². The molecule has 0 aliphatic carbocycles. The molecule has 0 aromatic heterocycles. The van der Waals surface area contributed by atoms with Crippen molar-refractivity contribution >= 4 is 40.7 Å². The lowest BCUT2D eigenvalue weighted by Crippen LogP contribution is -2.42. The summed E-state index contributed by atoms with van der Waals surface area (Å²) >= 11 is 1.02. The van der Waals surface area contributed by atoms with Crippen LogP contribution in [0.3, 0.4) is 0 Å². The molecule has 8 heteroatoms. The number of hydrogen-bond donors (Lipinski definition) is 1. The molecule has 0 saturated heterocycles. The van der Waals surface area contributed by atoms with Crippen LogP contribution in [0.5, 0.6) is 5.75 Å². The van der Waals surface area contributed by atoms with E-state index in [9.17, 15) is 14.4 Å². The molecule has 0 saturated carbocycles. The van der Waals surface area contributed by atoms with Crippen molar-refractivity contribution in [3.8, 4) is 5.75 Å². The van der Waals surface area contributed by atoms with Crippen molar-refractivity contribution in [2.75, 3.05) is 5.75 Å². The third-order valence-electron chi connectivity index (χ3n) is 7.37. The Balaban J connectivity index is 1.40. The lowest BCUT2D eigenvalue weighted by Gasteiger charge is -2.28. The Hall–Kier alpha value is -5.73. The van der Waals surface area contributed by atoms with Gasteiger partial charge in [0, 0.05) is 11.3 Å². The van der Waals surface area contributed by atoms with Crippen molar-refractivity contribution in [3.05, 3.63) is 180 Å². The van der Waals surface area contributed by atoms with E-state index >= 15 is 0 Å². The molecule has 4 aromatic rings. The number of amides is 3. The fourth-order valence-electron chi connectivity index (χ4n) is 5.02. The Morgan fingerprint density at radius 1 is 0.896 bits per heavy atom. The molecule has 7 nitrogen and oxygen atoms in total. The molecule has 240 valence electrons. The Labute approximate surface area is 285 Å². The van der Waals surface area contributed by atoms with Crippen molar-refractivity contribution in [2.24, 2.45) is 4.99 Å². The number of nitrogens with zero attached hydrogens (tertiary/aromatic N) is 2. The Kier molecular flexibility index (Phi) is 11.7. The molecular weight excluding hydrogens is 619 g/mol. The summed E-state index contributed by atoms with van der Waals surface area (Å²) in [4.78, 5) is 46.6. The minimum Gasteiger partial charge on any atom is -0.488 e. The summed E-state index contributed by atoms with van der Waals surface area (Å²) in [6, 6.07) is 35.9. The largest absolute Gasteiger partial charge is 0.488 e. The molecule has 4 aromatic carbocycles. The van der Waals surface area contributed by atoms with Crippen LogP contribution in [0.1, 0.15) is 35.2 Å². The number of aliphatic imine (C=N–C) groups is 1. The SMILES string of the molecule is C=C/C=C\C(=C/C)N1C(=O)/C(=C/c2ccccc2OCc2ccccc2)C(=O)N=C1SCC(=O)NC(c1ccccc1)c1ccccc1. The number of carbonyl (C=O) groups excluding carboxylic acids is 3. The van der Waals surface area contributed by atoms with Crippen LogP contribution < -0.4 is 10.1 Å². The molecule has 1 N–H and O–H groups in total. The van der Waals surface area contributed by atoms with Crippen molar-refractivity contribution in [1.29, 1.82) is 0 Å². The number of nitrogens with one attached hydrogen (secondary N) is 1. The molecule has 48 heavy (non-hydrogen) atoms. The number of hydrogen-bond acceptors (Lipinski definition) is 5. The smallest absolute Gasteiger partial charge is 0.285 e. The average molecular weight is 654 g/mol. The van der Waals surface area contributed by atoms with Gasteiger partial charge in [-0.3, -0.25) is 19.3 Å². The molecule has 0 bridgehead atoms. The zero-order valence-corrected chi connectivity index (χ0v) is 27.3. The van der Waals surface area contributed by atoms with E-state index in [1.54, 1.807) is 43.4 Å². The highest BCUT2D eigenvalue weighted by Crippen LogP contribution is 2.29. The summed E-state index contributed by atoms with van der Waals surface area (Å²) in [5.74, 6) is -1.11. The maximum absolute atomic E-state index is 14.1. The first-order valence-corrected chi connectivity index (χ1v) is 16.4. The molecule has 0 fully saturated rings. The molecule has 5 rings (SSSR count). The van der Waals surface area contributed by atoms with Crippen molar-refractivity contribution < 1.29 is 19.1 Å². The molecule has 0 atom stereocenters. The number of thioether (sulfide) groups is 1. The van der Waals surface area contributed by atoms with Gasteiger partial charge in [-0.2, -0.15) is 4.99 Å². The van der Waals surface area contributed by atoms with Gasteiger partial charge in [0.15, 0.2) is 5.17 Å². The van der Waals surface area contributed by atoms with E-state index in [-0.39, 0.29) is 28.4 Å². The van der Waals surface area contributed by atoms with E-state index < -0.39 is 11.8 Å². The van der Waals surface area contributed by atoms with Crippen LogP contribution in [-0.4, -0.2) is 33.5 Å². The van der Waals surface area contributed by atoms with Crippen LogP contribution in [0, 0.1) is 0 Å². The van der Waals surface area contributed by atoms with E-state index in [0.29, 0.717) is 23.6 Å². The van der Waals surface area contributed by atoms with Gasteiger partial charge in [0.1, 0.15) is 17.9 Å². The highest BCUT2D eigenvalue weighted by Gasteiger charge is 2.35. The standard InChI is InChI=1S/C40H35N3O4S/c1-3-5-24-33(4-2)43-39(46)34(26-32-23-15-16-25-35(32)47-27-29-17-9-6-10-18-29)38(45)42-40(43)48-28-36(44)41-37(30-19-11-7-12-20-30)31-21-13-8-14-22-31/h3-26,37H,1,27-28H2,2H3,(H,41,44)/b24-5-,33-4+,34-26+. The number of benzene rings is 4. The number of carbonyl (C=O) groups is 3. The summed E-state index contributed by atoms with van der Waals surface area (Å²) in [6.07, 6.45) is 8.22. The number of amidine groups is 1. The lowest BCUT2D eigenvalue weighted by atomic mass is 9.99. The van der Waals surface area contributed by atoms with Crippen LogP contribution >= 0.6 is 11.8 Å². The molecule has 1 aliphatic heterocycles. The predicted octanol–water partition coefficient (Wildman–Crippen LogP) is 7.66. The van der Waals surface area contributed by atoms with Gasteiger partial charge < -0.3 is 10.1 Å². The van der Waals surface area contributed by atoms with Crippen molar-refractivity contribution in [2.45, 2.75) is 19.6 Å². The third kappa shape index (κ3) is 8.54. The van der Waals surface area contributed by atoms with Gasteiger partial charge in [-0.1, -0.05) is 146 Å². The van der Waals surface area contributed by atoms with Crippen molar-refractivity contribution in [3.63, 3.8) is 0 Å². The second-order valence-corrected chi connectivity index (χ2v) is 11.6. The third-order valence-corrected chi connectivity index (χ3v) is 8.31. The maximum atomic E-state index is 14.1. The molecule has 0 spiro atoms. The molecule has 1 heterocycles. The average Bonchev–Trinajstić information content (AvgIpc) is 3.13. The monoisotopic (exact) mass is 653 g/mol. The molecule has 1 aliphatic rings. The first kappa shape index (κ1) is 33.6. The summed E-state index contributed by atoms with van der Waals surface area (Å²) in [5.41, 5.74) is 3.75. The summed E-state index contributed by atoms with van der Waals surface area (Å²) in [5, 5.41) is 3.21. The van der Waals surface area contributed by atoms with Crippen LogP contribution in [0.25, 0.3) is 6.08 Å². The number of para-hydroxylation sites is 1. The predicted molar refractivity (Wildman–Crippen MR) is 193 cm³/mol. The fourth-order valence-corrected chi connectivity index (χ4v) is 5.82. The Bertz CT molecular complexity index is 1840. The molecule has 0 unspecified atom stereocenters. The minimum atomic E-state index is -0.702. The van der Waals surface area contributed by atoms with Crippen LogP contribution in [0.2, 0.25) is 0 Å². The van der Waals surface area contributed by atoms with E-state index in [0.717, 1.165) is 28.5 Å². The van der Waals surface area contributed by atoms with E-state index in [1.165, 1.54) is 11.0 Å². The highest BCUT2D eigenvalue weighted by molar-refractivity contribution is 8.14. The van der Waals surface area contributed by atoms with Gasteiger partial charge in [-0.05, 0) is 41.8 Å². The van der Waals surface area contributed by atoms with Gasteiger partial charge in [-0.25, -0.2) is 0 Å². The second kappa shape index (κ2) is 16.7. The van der Waals surface area contributed by atoms with Gasteiger partial charge in [0.05, 0.1) is 11.8 Å². The lowest BCUT2D eigenvalue weighted by molar-refractivity contribution is -0.126. The Morgan fingerprint density at radius 2 is 1.50 bits per heavy atom.